The number of fused-ring (bicyclic) bond motifs is 6. The summed E-state index contributed by atoms with van der Waals surface area (Å²) in [6.45, 7) is 0. The Kier molecular flexibility index (Phi) is 6.17. The Bertz CT molecular complexity index is 2510. The molecule has 0 aliphatic carbocycles. The van der Waals surface area contributed by atoms with E-state index in [2.05, 4.69) is 175 Å². The second-order valence-electron chi connectivity index (χ2n) is 11.7. The molecule has 0 saturated heterocycles. The van der Waals surface area contributed by atoms with Crippen LogP contribution in [0.5, 0.6) is 0 Å². The third-order valence-electron chi connectivity index (χ3n) is 9.07. The summed E-state index contributed by atoms with van der Waals surface area (Å²) in [6, 6.07) is 62.6. The Balaban J connectivity index is 1.35. The van der Waals surface area contributed by atoms with Gasteiger partial charge in [-0.25, -0.2) is 0 Å². The van der Waals surface area contributed by atoms with Gasteiger partial charge in [-0.15, -0.1) is 0 Å². The van der Waals surface area contributed by atoms with E-state index in [0.29, 0.717) is 0 Å². The number of hydrogen-bond acceptors (Lipinski definition) is 2. The van der Waals surface area contributed by atoms with Crippen LogP contribution in [0, 0.1) is 0 Å². The summed E-state index contributed by atoms with van der Waals surface area (Å²) in [4.78, 5) is 2.41. The molecule has 8 aromatic carbocycles. The summed E-state index contributed by atoms with van der Waals surface area (Å²) >= 11 is 0. The van der Waals surface area contributed by atoms with Crippen LogP contribution in [0.15, 0.2) is 180 Å². The molecule has 0 spiro atoms. The Morgan fingerprint density at radius 1 is 0.370 bits per heavy atom. The summed E-state index contributed by atoms with van der Waals surface area (Å²) < 4.78 is 6.70. The Morgan fingerprint density at radius 3 is 1.83 bits per heavy atom. The van der Waals surface area contributed by atoms with E-state index in [1.807, 2.05) is 6.07 Å². The van der Waals surface area contributed by atoms with Crippen molar-refractivity contribution < 1.29 is 4.42 Å². The molecule has 0 fully saturated rings. The number of hydrogen-bond donors (Lipinski definition) is 0. The van der Waals surface area contributed by atoms with Crippen molar-refractivity contribution in [3.63, 3.8) is 0 Å². The summed E-state index contributed by atoms with van der Waals surface area (Å²) in [7, 11) is 0. The highest BCUT2D eigenvalue weighted by Crippen LogP contribution is 2.48. The van der Waals surface area contributed by atoms with E-state index in [1.165, 1.54) is 32.7 Å². The zero-order valence-electron chi connectivity index (χ0n) is 25.1. The van der Waals surface area contributed by atoms with Crippen LogP contribution in [0.4, 0.5) is 17.1 Å². The SMILES string of the molecule is c1ccc(-c2ccc(N(c3cccc4c3ccc3ccccc34)c3ccc(-c4ccccc4)c4oc5ccccc5c34)cc2)cc1. The van der Waals surface area contributed by atoms with Gasteiger partial charge >= 0.3 is 0 Å². The number of furan rings is 1. The van der Waals surface area contributed by atoms with Crippen molar-refractivity contribution in [2.75, 3.05) is 4.90 Å². The highest BCUT2D eigenvalue weighted by atomic mass is 16.3. The van der Waals surface area contributed by atoms with E-state index in [1.54, 1.807) is 0 Å². The standard InChI is InChI=1S/C44H29NO/c1-3-12-30(13-4-1)31-22-25-34(26-23-31)45(40-20-11-19-37-35-17-8-7-16-33(35)24-27-38(37)40)41-29-28-36(32-14-5-2-6-15-32)44-43(41)39-18-9-10-21-42(39)46-44/h1-29H. The van der Waals surface area contributed by atoms with Gasteiger partial charge in [-0.3, -0.25) is 0 Å². The van der Waals surface area contributed by atoms with Gasteiger partial charge in [-0.2, -0.15) is 0 Å². The molecule has 9 rings (SSSR count). The fraction of sp³-hybridized carbons (Fsp3) is 0. The normalized spacial score (nSPS) is 11.5. The molecule has 0 aliphatic rings. The quantitative estimate of drug-likeness (QED) is 0.186. The Morgan fingerprint density at radius 2 is 1.02 bits per heavy atom. The van der Waals surface area contributed by atoms with Crippen molar-refractivity contribution in [3.05, 3.63) is 176 Å². The summed E-state index contributed by atoms with van der Waals surface area (Å²) in [5, 5.41) is 7.11. The van der Waals surface area contributed by atoms with Crippen molar-refractivity contribution in [1.82, 2.24) is 0 Å². The van der Waals surface area contributed by atoms with Gasteiger partial charge in [0.25, 0.3) is 0 Å². The van der Waals surface area contributed by atoms with Crippen LogP contribution in [0.2, 0.25) is 0 Å². The van der Waals surface area contributed by atoms with Gasteiger partial charge in [-0.1, -0.05) is 140 Å². The molecule has 0 saturated carbocycles. The molecule has 0 unspecified atom stereocenters. The number of rotatable bonds is 5. The molecule has 0 bridgehead atoms. The van der Waals surface area contributed by atoms with E-state index in [0.717, 1.165) is 50.1 Å². The van der Waals surface area contributed by atoms with Gasteiger partial charge in [0.05, 0.1) is 16.8 Å². The molecule has 0 aliphatic heterocycles. The molecule has 0 radical (unpaired) electrons. The predicted molar refractivity (Wildman–Crippen MR) is 194 cm³/mol. The number of nitrogens with zero attached hydrogens (tertiary/aromatic N) is 1. The van der Waals surface area contributed by atoms with E-state index in [9.17, 15) is 0 Å². The van der Waals surface area contributed by atoms with Gasteiger partial charge in [-0.05, 0) is 69.2 Å². The molecular formula is C44H29NO. The lowest BCUT2D eigenvalue weighted by Crippen LogP contribution is -2.11. The van der Waals surface area contributed by atoms with Crippen LogP contribution < -0.4 is 4.90 Å². The first kappa shape index (κ1) is 26.3. The van der Waals surface area contributed by atoms with Gasteiger partial charge < -0.3 is 9.32 Å². The molecule has 216 valence electrons. The van der Waals surface area contributed by atoms with Crippen molar-refractivity contribution in [3.8, 4) is 22.3 Å². The molecule has 0 atom stereocenters. The molecule has 0 amide bonds. The van der Waals surface area contributed by atoms with Crippen molar-refractivity contribution >= 4 is 60.5 Å². The monoisotopic (exact) mass is 587 g/mol. The molecule has 2 nitrogen and oxygen atoms in total. The molecule has 1 aromatic heterocycles. The van der Waals surface area contributed by atoms with Crippen LogP contribution >= 0.6 is 0 Å². The minimum absolute atomic E-state index is 0.880. The minimum atomic E-state index is 0.880. The van der Waals surface area contributed by atoms with Crippen LogP contribution in [0.25, 0.3) is 65.7 Å². The lowest BCUT2D eigenvalue weighted by Gasteiger charge is -2.28. The van der Waals surface area contributed by atoms with Crippen molar-refractivity contribution in [1.29, 1.82) is 0 Å². The van der Waals surface area contributed by atoms with Crippen molar-refractivity contribution in [2.45, 2.75) is 0 Å². The average Bonchev–Trinajstić information content (AvgIpc) is 3.53. The Hall–Kier alpha value is -6.12. The molecule has 0 N–H and O–H groups in total. The van der Waals surface area contributed by atoms with Gasteiger partial charge in [0, 0.05) is 22.0 Å². The summed E-state index contributed by atoms with van der Waals surface area (Å²) in [5.74, 6) is 0. The van der Waals surface area contributed by atoms with Gasteiger partial charge in [0.1, 0.15) is 11.2 Å². The molecule has 2 heteroatoms. The average molecular weight is 588 g/mol. The number of para-hydroxylation sites is 1. The first-order valence-corrected chi connectivity index (χ1v) is 15.7. The third-order valence-corrected chi connectivity index (χ3v) is 9.07. The lowest BCUT2D eigenvalue weighted by atomic mass is 9.97. The van der Waals surface area contributed by atoms with E-state index in [-0.39, 0.29) is 0 Å². The van der Waals surface area contributed by atoms with Crippen molar-refractivity contribution in [2.24, 2.45) is 0 Å². The maximum atomic E-state index is 6.70. The van der Waals surface area contributed by atoms with Crippen LogP contribution in [0.1, 0.15) is 0 Å². The lowest BCUT2D eigenvalue weighted by molar-refractivity contribution is 0.670. The first-order valence-electron chi connectivity index (χ1n) is 15.7. The molecule has 1 heterocycles. The fourth-order valence-electron chi connectivity index (χ4n) is 6.90. The van der Waals surface area contributed by atoms with E-state index < -0.39 is 0 Å². The maximum absolute atomic E-state index is 6.70. The summed E-state index contributed by atoms with van der Waals surface area (Å²) in [6.07, 6.45) is 0. The van der Waals surface area contributed by atoms with Crippen LogP contribution in [-0.4, -0.2) is 0 Å². The van der Waals surface area contributed by atoms with Gasteiger partial charge in [0.2, 0.25) is 0 Å². The largest absolute Gasteiger partial charge is 0.455 e. The van der Waals surface area contributed by atoms with Gasteiger partial charge in [0.15, 0.2) is 0 Å². The number of benzene rings is 8. The van der Waals surface area contributed by atoms with Crippen LogP contribution in [-0.2, 0) is 0 Å². The molecule has 9 aromatic rings. The topological polar surface area (TPSA) is 16.4 Å². The minimum Gasteiger partial charge on any atom is -0.455 e. The fourth-order valence-corrected chi connectivity index (χ4v) is 6.90. The summed E-state index contributed by atoms with van der Waals surface area (Å²) in [5.41, 5.74) is 9.65. The second kappa shape index (κ2) is 10.8. The predicted octanol–water partition coefficient (Wildman–Crippen LogP) is 12.7. The zero-order valence-corrected chi connectivity index (χ0v) is 25.1. The third kappa shape index (κ3) is 4.27. The smallest absolute Gasteiger partial charge is 0.145 e. The van der Waals surface area contributed by atoms with E-state index >= 15 is 0 Å². The van der Waals surface area contributed by atoms with Crippen LogP contribution in [0.3, 0.4) is 0 Å². The molecular weight excluding hydrogens is 558 g/mol. The maximum Gasteiger partial charge on any atom is 0.145 e. The first-order chi connectivity index (χ1) is 22.8. The Labute approximate surface area is 267 Å². The zero-order chi connectivity index (χ0) is 30.5. The highest BCUT2D eigenvalue weighted by Gasteiger charge is 2.23. The number of anilines is 3. The second-order valence-corrected chi connectivity index (χ2v) is 11.7. The molecule has 46 heavy (non-hydrogen) atoms. The highest BCUT2D eigenvalue weighted by molar-refractivity contribution is 6.19. The van der Waals surface area contributed by atoms with E-state index in [4.69, 9.17) is 4.42 Å².